The van der Waals surface area contributed by atoms with Gasteiger partial charge in [-0.1, -0.05) is 36.6 Å². The van der Waals surface area contributed by atoms with Crippen LogP contribution < -0.4 is 0 Å². The fraction of sp³-hybridized carbons (Fsp3) is 0.538. The summed E-state index contributed by atoms with van der Waals surface area (Å²) in [5, 5.41) is 10.4. The maximum atomic E-state index is 13.2. The summed E-state index contributed by atoms with van der Waals surface area (Å²) in [6.45, 7) is 1.80. The molecular weight excluding hydrogens is 227 g/mol. The molecule has 0 aromatic heterocycles. The van der Waals surface area contributed by atoms with Crippen LogP contribution in [0.4, 0.5) is 4.39 Å². The predicted molar refractivity (Wildman–Crippen MR) is 63.1 cm³/mol. The third-order valence-corrected chi connectivity index (χ3v) is 3.45. The molecule has 16 heavy (non-hydrogen) atoms. The largest absolute Gasteiger partial charge is 0.390 e. The van der Waals surface area contributed by atoms with Crippen molar-refractivity contribution in [3.8, 4) is 0 Å². The summed E-state index contributed by atoms with van der Waals surface area (Å²) in [7, 11) is 0. The van der Waals surface area contributed by atoms with Crippen LogP contribution in [0.5, 0.6) is 0 Å². The average molecular weight is 243 g/mol. The molecule has 3 heteroatoms. The van der Waals surface area contributed by atoms with E-state index in [4.69, 9.17) is 11.6 Å². The zero-order chi connectivity index (χ0) is 11.8. The van der Waals surface area contributed by atoms with Crippen molar-refractivity contribution in [1.82, 2.24) is 0 Å². The summed E-state index contributed by atoms with van der Waals surface area (Å²) in [6.07, 6.45) is 3.60. The minimum Gasteiger partial charge on any atom is -0.390 e. The van der Waals surface area contributed by atoms with Gasteiger partial charge < -0.3 is 5.11 Å². The molecule has 0 aliphatic heterocycles. The van der Waals surface area contributed by atoms with Crippen molar-refractivity contribution < 1.29 is 9.50 Å². The van der Waals surface area contributed by atoms with Crippen LogP contribution in [0.1, 0.15) is 31.7 Å². The number of hydrogen-bond donors (Lipinski definition) is 1. The molecule has 1 fully saturated rings. The molecule has 0 bridgehead atoms. The third kappa shape index (κ3) is 2.96. The maximum Gasteiger partial charge on any atom is 0.142 e. The van der Waals surface area contributed by atoms with Gasteiger partial charge in [-0.2, -0.15) is 0 Å². The lowest BCUT2D eigenvalue weighted by Crippen LogP contribution is -2.28. The van der Waals surface area contributed by atoms with Crippen molar-refractivity contribution in [3.63, 3.8) is 0 Å². The Bertz CT molecular complexity index is 386. The van der Waals surface area contributed by atoms with Crippen LogP contribution in [0, 0.1) is 11.7 Å². The maximum absolute atomic E-state index is 13.2. The lowest BCUT2D eigenvalue weighted by Gasteiger charge is -2.23. The van der Waals surface area contributed by atoms with Crippen LogP contribution in [0.2, 0.25) is 5.02 Å². The van der Waals surface area contributed by atoms with E-state index in [0.717, 1.165) is 6.42 Å². The molecule has 0 amide bonds. The summed E-state index contributed by atoms with van der Waals surface area (Å²) >= 11 is 5.87. The second-order valence-electron chi connectivity index (χ2n) is 5.03. The molecule has 88 valence electrons. The predicted octanol–water partition coefficient (Wildman–Crippen LogP) is 3.57. The molecular formula is C13H16ClFO. The molecule has 1 nitrogen and oxygen atoms in total. The van der Waals surface area contributed by atoms with Gasteiger partial charge in [-0.25, -0.2) is 4.39 Å². The van der Waals surface area contributed by atoms with Crippen LogP contribution in [-0.4, -0.2) is 10.7 Å². The van der Waals surface area contributed by atoms with Crippen LogP contribution in [0.3, 0.4) is 0 Å². The average Bonchev–Trinajstić information content (AvgIpc) is 2.95. The number of benzene rings is 1. The first-order valence-electron chi connectivity index (χ1n) is 5.63. The zero-order valence-electron chi connectivity index (χ0n) is 9.34. The van der Waals surface area contributed by atoms with Gasteiger partial charge >= 0.3 is 0 Å². The van der Waals surface area contributed by atoms with Crippen LogP contribution in [0.15, 0.2) is 18.2 Å². The summed E-state index contributed by atoms with van der Waals surface area (Å²) in [5.41, 5.74) is -0.0918. The monoisotopic (exact) mass is 242 g/mol. The SMILES string of the molecule is CC(O)(Cc1cccc(F)c1Cl)CC1CC1. The van der Waals surface area contributed by atoms with E-state index in [0.29, 0.717) is 17.9 Å². The Morgan fingerprint density at radius 2 is 2.19 bits per heavy atom. The van der Waals surface area contributed by atoms with Gasteiger partial charge in [0.05, 0.1) is 10.6 Å². The molecule has 0 heterocycles. The highest BCUT2D eigenvalue weighted by Gasteiger charge is 2.32. The van der Waals surface area contributed by atoms with Gasteiger partial charge in [0.25, 0.3) is 0 Å². The quantitative estimate of drug-likeness (QED) is 0.856. The van der Waals surface area contributed by atoms with Crippen molar-refractivity contribution >= 4 is 11.6 Å². The van der Waals surface area contributed by atoms with E-state index < -0.39 is 11.4 Å². The van der Waals surface area contributed by atoms with Gasteiger partial charge in [0.15, 0.2) is 0 Å². The smallest absolute Gasteiger partial charge is 0.142 e. The number of rotatable bonds is 4. The van der Waals surface area contributed by atoms with Gasteiger partial charge in [0.1, 0.15) is 5.82 Å². The Labute approximate surface area is 100 Å². The standard InChI is InChI=1S/C13H16ClFO/c1-13(16,7-9-5-6-9)8-10-3-2-4-11(15)12(10)14/h2-4,9,16H,5-8H2,1H3. The second kappa shape index (κ2) is 4.34. The van der Waals surface area contributed by atoms with E-state index in [-0.39, 0.29) is 5.02 Å². The summed E-state index contributed by atoms with van der Waals surface area (Å²) in [6, 6.07) is 4.73. The third-order valence-electron chi connectivity index (χ3n) is 3.03. The molecule has 0 radical (unpaired) electrons. The van der Waals surface area contributed by atoms with Crippen LogP contribution in [-0.2, 0) is 6.42 Å². The van der Waals surface area contributed by atoms with E-state index in [1.807, 2.05) is 0 Å². The minimum absolute atomic E-state index is 0.138. The van der Waals surface area contributed by atoms with Crippen molar-refractivity contribution in [1.29, 1.82) is 0 Å². The Morgan fingerprint density at radius 3 is 2.81 bits per heavy atom. The highest BCUT2D eigenvalue weighted by molar-refractivity contribution is 6.31. The van der Waals surface area contributed by atoms with Crippen molar-refractivity contribution in [3.05, 3.63) is 34.6 Å². The molecule has 1 aromatic carbocycles. The molecule has 0 spiro atoms. The first-order chi connectivity index (χ1) is 7.48. The van der Waals surface area contributed by atoms with Crippen molar-refractivity contribution in [2.75, 3.05) is 0 Å². The number of hydrogen-bond acceptors (Lipinski definition) is 1. The Kier molecular flexibility index (Phi) is 3.22. The van der Waals surface area contributed by atoms with Gasteiger partial charge in [-0.05, 0) is 30.9 Å². The summed E-state index contributed by atoms with van der Waals surface area (Å²) in [5.74, 6) is 0.226. The molecule has 1 aliphatic carbocycles. The van der Waals surface area contributed by atoms with E-state index in [1.54, 1.807) is 19.1 Å². The minimum atomic E-state index is -0.779. The molecule has 1 saturated carbocycles. The van der Waals surface area contributed by atoms with E-state index in [1.165, 1.54) is 18.9 Å². The second-order valence-corrected chi connectivity index (χ2v) is 5.41. The summed E-state index contributed by atoms with van der Waals surface area (Å²) in [4.78, 5) is 0. The highest BCUT2D eigenvalue weighted by atomic mass is 35.5. The van der Waals surface area contributed by atoms with Gasteiger partial charge in [-0.3, -0.25) is 0 Å². The molecule has 1 atom stereocenters. The molecule has 1 unspecified atom stereocenters. The Hall–Kier alpha value is -0.600. The first kappa shape index (κ1) is 11.9. The van der Waals surface area contributed by atoms with E-state index in [9.17, 15) is 9.50 Å². The summed E-state index contributed by atoms with van der Waals surface area (Å²) < 4.78 is 13.2. The lowest BCUT2D eigenvalue weighted by atomic mass is 9.91. The fourth-order valence-corrected chi connectivity index (χ4v) is 2.30. The number of halogens is 2. The van der Waals surface area contributed by atoms with Gasteiger partial charge in [0, 0.05) is 6.42 Å². The van der Waals surface area contributed by atoms with Crippen LogP contribution in [0.25, 0.3) is 0 Å². The van der Waals surface area contributed by atoms with E-state index in [2.05, 4.69) is 0 Å². The lowest BCUT2D eigenvalue weighted by molar-refractivity contribution is 0.0455. The number of aliphatic hydroxyl groups is 1. The Morgan fingerprint density at radius 1 is 1.50 bits per heavy atom. The first-order valence-corrected chi connectivity index (χ1v) is 6.01. The molecule has 1 aliphatic rings. The molecule has 0 saturated heterocycles. The fourth-order valence-electron chi connectivity index (χ4n) is 2.11. The molecule has 2 rings (SSSR count). The van der Waals surface area contributed by atoms with Crippen molar-refractivity contribution in [2.45, 2.75) is 38.2 Å². The van der Waals surface area contributed by atoms with E-state index >= 15 is 0 Å². The topological polar surface area (TPSA) is 20.2 Å². The Balaban J connectivity index is 2.09. The van der Waals surface area contributed by atoms with Gasteiger partial charge in [-0.15, -0.1) is 0 Å². The molecule has 1 N–H and O–H groups in total. The highest BCUT2D eigenvalue weighted by Crippen LogP contribution is 2.38. The zero-order valence-corrected chi connectivity index (χ0v) is 10.1. The van der Waals surface area contributed by atoms with Gasteiger partial charge in [0.2, 0.25) is 0 Å². The normalized spacial score (nSPS) is 19.5. The molecule has 1 aromatic rings. The van der Waals surface area contributed by atoms with Crippen molar-refractivity contribution in [2.24, 2.45) is 5.92 Å². The van der Waals surface area contributed by atoms with Crippen LogP contribution >= 0.6 is 11.6 Å².